The van der Waals surface area contributed by atoms with Gasteiger partial charge < -0.3 is 18.5 Å². The van der Waals surface area contributed by atoms with Crippen LogP contribution in [0.5, 0.6) is 6.01 Å². The Balaban J connectivity index is 2.37. The summed E-state index contributed by atoms with van der Waals surface area (Å²) >= 11 is 0. The lowest BCUT2D eigenvalue weighted by molar-refractivity contribution is -0.00868. The summed E-state index contributed by atoms with van der Waals surface area (Å²) in [6.45, 7) is 1.58. The maximum Gasteiger partial charge on any atom is 0.332 e. The summed E-state index contributed by atoms with van der Waals surface area (Å²) < 4.78 is 63.0. The van der Waals surface area contributed by atoms with Crippen LogP contribution in [0.15, 0.2) is 11.0 Å². The zero-order valence-corrected chi connectivity index (χ0v) is 17.4. The number of methoxy groups -OCH3 is 1. The molecule has 11 nitrogen and oxygen atoms in total. The summed E-state index contributed by atoms with van der Waals surface area (Å²) in [5, 5.41) is 0. The molecule has 0 N–H and O–H groups in total. The lowest BCUT2D eigenvalue weighted by Crippen LogP contribution is -2.30. The Bertz CT molecular complexity index is 877. The molecule has 2 heterocycles. The van der Waals surface area contributed by atoms with E-state index in [0.717, 1.165) is 6.26 Å². The topological polar surface area (TPSA) is 132 Å². The van der Waals surface area contributed by atoms with E-state index in [1.165, 1.54) is 32.1 Å². The summed E-state index contributed by atoms with van der Waals surface area (Å²) in [5.74, 6) is 0. The van der Waals surface area contributed by atoms with E-state index in [-0.39, 0.29) is 18.6 Å². The van der Waals surface area contributed by atoms with Crippen LogP contribution in [-0.4, -0.2) is 63.9 Å². The molecule has 1 aromatic heterocycles. The van der Waals surface area contributed by atoms with Crippen LogP contribution in [0.2, 0.25) is 0 Å². The van der Waals surface area contributed by atoms with E-state index in [9.17, 15) is 17.8 Å². The summed E-state index contributed by atoms with van der Waals surface area (Å²) in [6, 6.07) is -0.00368. The number of ether oxygens (including phenoxy) is 2. The zero-order valence-electron chi connectivity index (χ0n) is 15.6. The minimum Gasteiger partial charge on any atom is -0.468 e. The van der Waals surface area contributed by atoms with E-state index >= 15 is 0 Å². The predicted octanol–water partition coefficient (Wildman–Crippen LogP) is 0.679. The highest BCUT2D eigenvalue weighted by molar-refractivity contribution is 7.86. The quantitative estimate of drug-likeness (QED) is 0.432. The molecule has 1 aliphatic rings. The molecule has 3 atom stereocenters. The summed E-state index contributed by atoms with van der Waals surface area (Å²) in [6.07, 6.45) is -0.323. The molecule has 0 unspecified atom stereocenters. The molecule has 0 spiro atoms. The SMILES string of the molecule is COc1nc(=O)c(C)cn1[C@H]1C[C@@H](OS(C)(=O)=O)[C@@H](CP(=O)(OC)OC)O1. The Morgan fingerprint density at radius 1 is 1.33 bits per heavy atom. The fraction of sp³-hybridized carbons (Fsp3) is 0.714. The number of rotatable bonds is 8. The molecule has 27 heavy (non-hydrogen) atoms. The van der Waals surface area contributed by atoms with Crippen LogP contribution in [0.1, 0.15) is 18.2 Å². The summed E-state index contributed by atoms with van der Waals surface area (Å²) in [4.78, 5) is 15.5. The summed E-state index contributed by atoms with van der Waals surface area (Å²) in [7, 11) is -3.51. The molecule has 0 aliphatic carbocycles. The highest BCUT2D eigenvalue weighted by Crippen LogP contribution is 2.50. The van der Waals surface area contributed by atoms with Crippen LogP contribution in [0.25, 0.3) is 0 Å². The number of aromatic nitrogens is 2. The van der Waals surface area contributed by atoms with Crippen molar-refractivity contribution in [1.82, 2.24) is 9.55 Å². The van der Waals surface area contributed by atoms with Gasteiger partial charge >= 0.3 is 13.6 Å². The van der Waals surface area contributed by atoms with Gasteiger partial charge in [0.15, 0.2) is 0 Å². The highest BCUT2D eigenvalue weighted by Gasteiger charge is 2.44. The molecule has 0 aromatic carbocycles. The van der Waals surface area contributed by atoms with Crippen molar-refractivity contribution in [3.05, 3.63) is 22.1 Å². The molecule has 1 fully saturated rings. The third-order valence-corrected chi connectivity index (χ3v) is 6.54. The second kappa shape index (κ2) is 8.38. The second-order valence-electron chi connectivity index (χ2n) is 5.99. The van der Waals surface area contributed by atoms with Crippen molar-refractivity contribution in [2.24, 2.45) is 0 Å². The predicted molar refractivity (Wildman–Crippen MR) is 94.5 cm³/mol. The molecule has 1 aliphatic heterocycles. The number of hydrogen-bond donors (Lipinski definition) is 0. The van der Waals surface area contributed by atoms with Gasteiger partial charge in [0.25, 0.3) is 15.7 Å². The van der Waals surface area contributed by atoms with Crippen molar-refractivity contribution in [3.63, 3.8) is 0 Å². The maximum atomic E-state index is 12.5. The third-order valence-electron chi connectivity index (χ3n) is 4.02. The van der Waals surface area contributed by atoms with Gasteiger partial charge in [0.05, 0.1) is 25.6 Å². The van der Waals surface area contributed by atoms with Gasteiger partial charge in [-0.15, -0.1) is 0 Å². The molecule has 0 amide bonds. The molecular formula is C14H23N2O9PS. The van der Waals surface area contributed by atoms with Gasteiger partial charge in [-0.25, -0.2) is 0 Å². The molecular weight excluding hydrogens is 403 g/mol. The van der Waals surface area contributed by atoms with Gasteiger partial charge in [0, 0.05) is 32.4 Å². The van der Waals surface area contributed by atoms with E-state index < -0.39 is 41.7 Å². The first-order chi connectivity index (χ1) is 12.5. The van der Waals surface area contributed by atoms with Crippen LogP contribution < -0.4 is 10.3 Å². The number of nitrogens with zero attached hydrogens (tertiary/aromatic N) is 2. The first-order valence-electron chi connectivity index (χ1n) is 7.90. The fourth-order valence-electron chi connectivity index (χ4n) is 2.71. The Morgan fingerprint density at radius 3 is 2.48 bits per heavy atom. The minimum absolute atomic E-state index is 0.00368. The average molecular weight is 426 g/mol. The van der Waals surface area contributed by atoms with E-state index in [2.05, 4.69) is 4.98 Å². The van der Waals surface area contributed by atoms with Gasteiger partial charge in [-0.2, -0.15) is 13.4 Å². The van der Waals surface area contributed by atoms with Crippen LogP contribution in [0, 0.1) is 6.92 Å². The first kappa shape index (κ1) is 22.0. The molecule has 0 saturated carbocycles. The maximum absolute atomic E-state index is 12.5. The lowest BCUT2D eigenvalue weighted by atomic mass is 10.2. The molecule has 0 bridgehead atoms. The molecule has 1 aromatic rings. The number of aryl methyl sites for hydroxylation is 1. The van der Waals surface area contributed by atoms with Crippen LogP contribution in [0.3, 0.4) is 0 Å². The normalized spacial score (nSPS) is 23.5. The molecule has 0 radical (unpaired) electrons. The van der Waals surface area contributed by atoms with Crippen molar-refractivity contribution in [1.29, 1.82) is 0 Å². The van der Waals surface area contributed by atoms with Crippen LogP contribution >= 0.6 is 7.60 Å². The Morgan fingerprint density at radius 2 is 1.96 bits per heavy atom. The van der Waals surface area contributed by atoms with Gasteiger partial charge in [0.2, 0.25) is 0 Å². The lowest BCUT2D eigenvalue weighted by Gasteiger charge is -2.22. The van der Waals surface area contributed by atoms with Crippen molar-refractivity contribution < 1.29 is 35.7 Å². The zero-order chi connectivity index (χ0) is 20.4. The molecule has 2 rings (SSSR count). The monoisotopic (exact) mass is 426 g/mol. The van der Waals surface area contributed by atoms with Gasteiger partial charge in [-0.1, -0.05) is 0 Å². The van der Waals surface area contributed by atoms with E-state index in [1.54, 1.807) is 6.92 Å². The minimum atomic E-state index is -3.80. The molecule has 13 heteroatoms. The molecule has 154 valence electrons. The standard InChI is InChI=1S/C14H23N2O9PS/c1-9-7-16(14(21-2)15-13(9)17)12-6-10(25-27(5,19)20)11(24-12)8-26(18,22-3)23-4/h7,10-12H,6,8H2,1-5H3/t10-,11-,12-/m1/s1. The Kier molecular flexibility index (Phi) is 6.82. The van der Waals surface area contributed by atoms with E-state index in [1.807, 2.05) is 0 Å². The van der Waals surface area contributed by atoms with Crippen molar-refractivity contribution >= 4 is 17.7 Å². The third kappa shape index (κ3) is 5.37. The van der Waals surface area contributed by atoms with Crippen molar-refractivity contribution in [3.8, 4) is 6.01 Å². The van der Waals surface area contributed by atoms with Crippen molar-refractivity contribution in [2.75, 3.05) is 33.7 Å². The smallest absolute Gasteiger partial charge is 0.332 e. The Hall–Kier alpha value is -1.30. The first-order valence-corrected chi connectivity index (χ1v) is 11.4. The fourth-order valence-corrected chi connectivity index (χ4v) is 4.57. The molecule has 1 saturated heterocycles. The summed E-state index contributed by atoms with van der Waals surface area (Å²) in [5.41, 5.74) is -0.104. The van der Waals surface area contributed by atoms with Crippen molar-refractivity contribution in [2.45, 2.75) is 31.8 Å². The van der Waals surface area contributed by atoms with Gasteiger partial charge in [-0.3, -0.25) is 18.1 Å². The number of hydrogen-bond acceptors (Lipinski definition) is 10. The second-order valence-corrected chi connectivity index (χ2v) is 9.90. The van der Waals surface area contributed by atoms with Gasteiger partial charge in [-0.05, 0) is 6.92 Å². The van der Waals surface area contributed by atoms with E-state index in [0.29, 0.717) is 5.56 Å². The van der Waals surface area contributed by atoms with Crippen LogP contribution in [0.4, 0.5) is 0 Å². The van der Waals surface area contributed by atoms with Gasteiger partial charge in [0.1, 0.15) is 12.3 Å². The highest BCUT2D eigenvalue weighted by atomic mass is 32.2. The van der Waals surface area contributed by atoms with Crippen LogP contribution in [-0.2, 0) is 32.7 Å². The Labute approximate surface area is 157 Å². The average Bonchev–Trinajstić information content (AvgIpc) is 2.96. The largest absolute Gasteiger partial charge is 0.468 e. The van der Waals surface area contributed by atoms with E-state index in [4.69, 9.17) is 22.7 Å².